The number of carbonyl (C=O) groups is 1. The number of aryl methyl sites for hydroxylation is 3. The highest BCUT2D eigenvalue weighted by Crippen LogP contribution is 2.37. The second kappa shape index (κ2) is 10.0. The van der Waals surface area contributed by atoms with E-state index in [4.69, 9.17) is 4.74 Å². The number of imidazole rings is 1. The highest BCUT2D eigenvalue weighted by atomic mass is 19.4. The zero-order valence-corrected chi connectivity index (χ0v) is 20.8. The number of halogens is 3. The Labute approximate surface area is 212 Å². The largest absolute Gasteiger partial charge is 0.710 e. The molecule has 0 bridgehead atoms. The summed E-state index contributed by atoms with van der Waals surface area (Å²) in [4.78, 5) is 16.0. The SMILES string of the molecule is COc1ccc(-c2[nH]c(C)c(C(=O)Nc3cccc(CC(F)(F)F)c3)[n+]2[O-])cc1-c1c(C)cccc1C. The van der Waals surface area contributed by atoms with Crippen molar-refractivity contribution in [3.8, 4) is 28.3 Å². The number of anilines is 1. The van der Waals surface area contributed by atoms with E-state index >= 15 is 0 Å². The predicted molar refractivity (Wildman–Crippen MR) is 136 cm³/mol. The van der Waals surface area contributed by atoms with Gasteiger partial charge in [-0.25, -0.2) is 9.71 Å². The molecule has 0 radical (unpaired) electrons. The second-order valence-electron chi connectivity index (χ2n) is 8.87. The quantitative estimate of drug-likeness (QED) is 0.237. The van der Waals surface area contributed by atoms with Gasteiger partial charge in [-0.1, -0.05) is 30.3 Å². The van der Waals surface area contributed by atoms with Crippen molar-refractivity contribution < 1.29 is 27.4 Å². The van der Waals surface area contributed by atoms with Gasteiger partial charge in [0, 0.05) is 18.2 Å². The van der Waals surface area contributed by atoms with E-state index in [-0.39, 0.29) is 22.8 Å². The number of benzene rings is 3. The van der Waals surface area contributed by atoms with Gasteiger partial charge in [0.25, 0.3) is 11.7 Å². The molecular formula is C28H26F3N3O3. The molecule has 0 unspecified atom stereocenters. The first-order chi connectivity index (χ1) is 17.5. The average Bonchev–Trinajstić information content (AvgIpc) is 3.11. The normalized spacial score (nSPS) is 11.4. The van der Waals surface area contributed by atoms with Crippen LogP contribution in [0.1, 0.15) is 32.9 Å². The van der Waals surface area contributed by atoms with Crippen LogP contribution in [0.5, 0.6) is 5.75 Å². The maximum absolute atomic E-state index is 13.3. The molecule has 0 saturated carbocycles. The number of rotatable bonds is 6. The molecule has 9 heteroatoms. The first-order valence-electron chi connectivity index (χ1n) is 11.5. The Bertz CT molecular complexity index is 1460. The number of amides is 1. The van der Waals surface area contributed by atoms with E-state index in [1.807, 2.05) is 38.1 Å². The number of aromatic nitrogens is 2. The van der Waals surface area contributed by atoms with Crippen LogP contribution in [0.4, 0.5) is 18.9 Å². The van der Waals surface area contributed by atoms with Gasteiger partial charge in [0.05, 0.1) is 19.1 Å². The molecule has 1 heterocycles. The molecule has 6 nitrogen and oxygen atoms in total. The van der Waals surface area contributed by atoms with E-state index < -0.39 is 18.5 Å². The molecule has 0 saturated heterocycles. The Kier molecular flexibility index (Phi) is 6.98. The van der Waals surface area contributed by atoms with Crippen molar-refractivity contribution in [2.75, 3.05) is 12.4 Å². The molecule has 1 aromatic heterocycles. The number of H-pyrrole nitrogens is 1. The lowest BCUT2D eigenvalue weighted by Crippen LogP contribution is -2.36. The van der Waals surface area contributed by atoms with Crippen LogP contribution in [-0.4, -0.2) is 24.2 Å². The van der Waals surface area contributed by atoms with Gasteiger partial charge >= 0.3 is 6.18 Å². The van der Waals surface area contributed by atoms with Crippen molar-refractivity contribution in [2.24, 2.45) is 0 Å². The third-order valence-electron chi connectivity index (χ3n) is 6.10. The van der Waals surface area contributed by atoms with Crippen LogP contribution in [0.2, 0.25) is 0 Å². The molecule has 3 aromatic carbocycles. The maximum atomic E-state index is 13.3. The average molecular weight is 510 g/mol. The van der Waals surface area contributed by atoms with Crippen molar-refractivity contribution in [1.82, 2.24) is 4.98 Å². The first-order valence-corrected chi connectivity index (χ1v) is 11.5. The summed E-state index contributed by atoms with van der Waals surface area (Å²) in [6.45, 7) is 5.57. The molecular weight excluding hydrogens is 483 g/mol. The minimum absolute atomic E-state index is 0.00374. The van der Waals surface area contributed by atoms with Crippen molar-refractivity contribution in [3.63, 3.8) is 0 Å². The van der Waals surface area contributed by atoms with Crippen LogP contribution in [0.25, 0.3) is 22.5 Å². The molecule has 2 N–H and O–H groups in total. The molecule has 37 heavy (non-hydrogen) atoms. The summed E-state index contributed by atoms with van der Waals surface area (Å²) in [6, 6.07) is 16.7. The van der Waals surface area contributed by atoms with Gasteiger partial charge in [0.1, 0.15) is 5.75 Å². The molecule has 0 atom stereocenters. The second-order valence-corrected chi connectivity index (χ2v) is 8.87. The number of ether oxygens (including phenoxy) is 1. The number of hydrogen-bond acceptors (Lipinski definition) is 3. The molecule has 0 aliphatic rings. The minimum atomic E-state index is -4.37. The minimum Gasteiger partial charge on any atom is -0.710 e. The van der Waals surface area contributed by atoms with Crippen LogP contribution in [0, 0.1) is 26.0 Å². The number of nitrogens with one attached hydrogen (secondary N) is 2. The van der Waals surface area contributed by atoms with Crippen molar-refractivity contribution in [1.29, 1.82) is 0 Å². The topological polar surface area (TPSA) is 81.1 Å². The molecule has 1 amide bonds. The summed E-state index contributed by atoms with van der Waals surface area (Å²) in [5.74, 6) is 0.0600. The van der Waals surface area contributed by atoms with Gasteiger partial charge in [-0.2, -0.15) is 13.2 Å². The number of carbonyl (C=O) groups excluding carboxylic acids is 1. The Balaban J connectivity index is 1.69. The molecule has 0 aliphatic heterocycles. The van der Waals surface area contributed by atoms with E-state index in [1.54, 1.807) is 26.2 Å². The number of hydrogen-bond donors (Lipinski definition) is 2. The fourth-order valence-electron chi connectivity index (χ4n) is 4.47. The van der Waals surface area contributed by atoms with Gasteiger partial charge in [-0.3, -0.25) is 4.79 Å². The van der Waals surface area contributed by atoms with Gasteiger partial charge < -0.3 is 15.3 Å². The summed E-state index contributed by atoms with van der Waals surface area (Å²) in [5.41, 5.74) is 4.72. The highest BCUT2D eigenvalue weighted by Gasteiger charge is 2.29. The summed E-state index contributed by atoms with van der Waals surface area (Å²) < 4.78 is 44.3. The van der Waals surface area contributed by atoms with Crippen molar-refractivity contribution in [3.05, 3.63) is 93.9 Å². The van der Waals surface area contributed by atoms with Gasteiger partial charge in [0.2, 0.25) is 5.69 Å². The fourth-order valence-corrected chi connectivity index (χ4v) is 4.47. The van der Waals surface area contributed by atoms with Crippen molar-refractivity contribution >= 4 is 11.6 Å². The lowest BCUT2D eigenvalue weighted by Gasteiger charge is -2.15. The van der Waals surface area contributed by atoms with Crippen LogP contribution in [0.15, 0.2) is 60.7 Å². The van der Waals surface area contributed by atoms with Crippen LogP contribution in [-0.2, 0) is 6.42 Å². The molecule has 0 fully saturated rings. The molecule has 0 spiro atoms. The van der Waals surface area contributed by atoms with Crippen LogP contribution >= 0.6 is 0 Å². The van der Waals surface area contributed by atoms with E-state index in [1.165, 1.54) is 24.3 Å². The summed E-state index contributed by atoms with van der Waals surface area (Å²) >= 11 is 0. The zero-order chi connectivity index (χ0) is 26.9. The fraction of sp³-hybridized carbons (Fsp3) is 0.214. The van der Waals surface area contributed by atoms with E-state index in [9.17, 15) is 23.2 Å². The Morgan fingerprint density at radius 2 is 1.70 bits per heavy atom. The summed E-state index contributed by atoms with van der Waals surface area (Å²) in [5, 5.41) is 15.8. The standard InChI is InChI=1S/C28H26F3N3O3/c1-16-7-5-8-17(2)24(16)22-14-20(11-12-23(22)37-4)26-32-18(3)25(34(26)36)27(35)33-21-10-6-9-19(13-21)15-28(29,30)31/h5-14,32H,15H2,1-4H3,(H,33,35). The van der Waals surface area contributed by atoms with E-state index in [0.29, 0.717) is 21.7 Å². The van der Waals surface area contributed by atoms with E-state index in [0.717, 1.165) is 22.3 Å². The van der Waals surface area contributed by atoms with Crippen LogP contribution in [0.3, 0.4) is 0 Å². The lowest BCUT2D eigenvalue weighted by atomic mass is 9.93. The maximum Gasteiger partial charge on any atom is 0.393 e. The van der Waals surface area contributed by atoms with Crippen LogP contribution < -0.4 is 14.8 Å². The van der Waals surface area contributed by atoms with E-state index in [2.05, 4.69) is 10.3 Å². The Morgan fingerprint density at radius 3 is 2.35 bits per heavy atom. The number of alkyl halides is 3. The number of nitrogens with zero attached hydrogens (tertiary/aromatic N) is 1. The smallest absolute Gasteiger partial charge is 0.393 e. The third kappa shape index (κ3) is 5.45. The van der Waals surface area contributed by atoms with Gasteiger partial charge in [-0.05, 0) is 66.4 Å². The number of aromatic amines is 1. The highest BCUT2D eigenvalue weighted by molar-refractivity contribution is 6.02. The Hall–Kier alpha value is -4.27. The molecule has 4 aromatic rings. The molecule has 4 rings (SSSR count). The predicted octanol–water partition coefficient (Wildman–Crippen LogP) is 6.27. The Morgan fingerprint density at radius 1 is 1.03 bits per heavy atom. The third-order valence-corrected chi connectivity index (χ3v) is 6.10. The first kappa shape index (κ1) is 25.8. The molecule has 0 aliphatic carbocycles. The molecule has 192 valence electrons. The lowest BCUT2D eigenvalue weighted by molar-refractivity contribution is -0.594. The zero-order valence-electron chi connectivity index (χ0n) is 20.8. The van der Waals surface area contributed by atoms with Gasteiger partial charge in [0.15, 0.2) is 5.69 Å². The number of methoxy groups -OCH3 is 1. The summed E-state index contributed by atoms with van der Waals surface area (Å²) in [6.07, 6.45) is -5.49. The monoisotopic (exact) mass is 509 g/mol. The van der Waals surface area contributed by atoms with Gasteiger partial charge in [-0.15, -0.1) is 0 Å². The summed E-state index contributed by atoms with van der Waals surface area (Å²) in [7, 11) is 1.57. The van der Waals surface area contributed by atoms with Crippen molar-refractivity contribution in [2.45, 2.75) is 33.4 Å².